The van der Waals surface area contributed by atoms with Gasteiger partial charge >= 0.3 is 246 Å². The summed E-state index contributed by atoms with van der Waals surface area (Å²) in [4.78, 5) is 0. The summed E-state index contributed by atoms with van der Waals surface area (Å²) in [6, 6.07) is 36.9. The molecule has 7 rings (SSSR count). The SMILES string of the molecule is CCCC1=Cc2c(-c3cccc4ccccc34)cccc2C1c1[c]([Zr+2][SiH](C)C)ccc2c1Cc1ccccc1-2.[Cl-].[Cl-]. The molecule has 0 N–H and O–H groups in total. The predicted octanol–water partition coefficient (Wildman–Crippen LogP) is 3.11. The molecule has 204 valence electrons. The maximum Gasteiger partial charge on any atom is -1.00 e. The first-order valence-corrected chi connectivity index (χ1v) is 22.8. The van der Waals surface area contributed by atoms with Gasteiger partial charge in [-0.1, -0.05) is 0 Å². The van der Waals surface area contributed by atoms with E-state index in [1.165, 1.54) is 56.1 Å². The first-order valence-electron chi connectivity index (χ1n) is 14.5. The van der Waals surface area contributed by atoms with E-state index in [4.69, 9.17) is 0 Å². The van der Waals surface area contributed by atoms with Crippen LogP contribution in [0.25, 0.3) is 39.1 Å². The summed E-state index contributed by atoms with van der Waals surface area (Å²) < 4.78 is 1.77. The Labute approximate surface area is 269 Å². The minimum absolute atomic E-state index is 0. The van der Waals surface area contributed by atoms with Gasteiger partial charge < -0.3 is 24.8 Å². The van der Waals surface area contributed by atoms with Crippen molar-refractivity contribution in [1.82, 2.24) is 0 Å². The molecule has 0 heterocycles. The van der Waals surface area contributed by atoms with E-state index in [1.807, 2.05) is 0 Å². The Morgan fingerprint density at radius 3 is 2.27 bits per heavy atom. The van der Waals surface area contributed by atoms with Crippen LogP contribution >= 0.6 is 0 Å². The van der Waals surface area contributed by atoms with Crippen LogP contribution in [0.5, 0.6) is 0 Å². The quantitative estimate of drug-likeness (QED) is 0.240. The van der Waals surface area contributed by atoms with Crippen molar-refractivity contribution < 1.29 is 47.2 Å². The van der Waals surface area contributed by atoms with Crippen LogP contribution in [0.15, 0.2) is 103 Å². The zero-order chi connectivity index (χ0) is 26.5. The van der Waals surface area contributed by atoms with Crippen LogP contribution in [0.4, 0.5) is 0 Å². The van der Waals surface area contributed by atoms with Crippen molar-refractivity contribution in [2.45, 2.75) is 45.2 Å². The van der Waals surface area contributed by atoms with Gasteiger partial charge in [0.25, 0.3) is 0 Å². The van der Waals surface area contributed by atoms with E-state index < -0.39 is 28.3 Å². The van der Waals surface area contributed by atoms with Crippen LogP contribution < -0.4 is 28.1 Å². The summed E-state index contributed by atoms with van der Waals surface area (Å²) in [6.07, 6.45) is 6.02. The fourth-order valence-corrected chi connectivity index (χ4v) is 15.3. The van der Waals surface area contributed by atoms with Crippen molar-refractivity contribution >= 4 is 26.0 Å². The molecular weight excluding hydrogens is 635 g/mol. The van der Waals surface area contributed by atoms with Crippen molar-refractivity contribution in [2.75, 3.05) is 0 Å². The number of rotatable bonds is 6. The van der Waals surface area contributed by atoms with E-state index in [0.717, 1.165) is 12.8 Å². The molecule has 5 aromatic rings. The van der Waals surface area contributed by atoms with Crippen molar-refractivity contribution in [3.63, 3.8) is 0 Å². The average molecular weight is 669 g/mol. The molecule has 0 radical (unpaired) electrons. The fourth-order valence-electron chi connectivity index (χ4n) is 7.01. The Hall–Kier alpha value is -2.22. The van der Waals surface area contributed by atoms with Gasteiger partial charge in [-0.3, -0.25) is 0 Å². The first kappa shape index (κ1) is 30.2. The van der Waals surface area contributed by atoms with Crippen LogP contribution in [0, 0.1) is 0 Å². The molecule has 0 nitrogen and oxygen atoms in total. The normalized spacial score (nSPS) is 14.4. The zero-order valence-electron chi connectivity index (χ0n) is 23.8. The van der Waals surface area contributed by atoms with Gasteiger partial charge in [0.2, 0.25) is 0 Å². The van der Waals surface area contributed by atoms with Crippen LogP contribution in [-0.2, 0) is 28.8 Å². The van der Waals surface area contributed by atoms with Gasteiger partial charge in [0.15, 0.2) is 0 Å². The van der Waals surface area contributed by atoms with E-state index in [-0.39, 0.29) is 24.8 Å². The topological polar surface area (TPSA) is 0 Å². The monoisotopic (exact) mass is 666 g/mol. The Morgan fingerprint density at radius 1 is 0.732 bits per heavy atom. The average Bonchev–Trinajstić information content (AvgIpc) is 3.51. The largest absolute Gasteiger partial charge is 1.00 e. The Morgan fingerprint density at radius 2 is 1.44 bits per heavy atom. The van der Waals surface area contributed by atoms with Gasteiger partial charge in [0, 0.05) is 0 Å². The third-order valence-electron chi connectivity index (χ3n) is 8.53. The molecule has 4 heteroatoms. The second-order valence-corrected chi connectivity index (χ2v) is 26.0. The Bertz CT molecular complexity index is 1770. The van der Waals surface area contributed by atoms with E-state index in [1.54, 1.807) is 20.0 Å². The van der Waals surface area contributed by atoms with Crippen LogP contribution in [0.3, 0.4) is 0 Å². The van der Waals surface area contributed by atoms with E-state index >= 15 is 0 Å². The maximum atomic E-state index is 2.59. The standard InChI is InChI=1S/C35H27.C2H7Si.2ClH.Zr/c1-2-10-25-22-34-30(28-16-7-13-23-11-3-5-14-26(23)28)18-9-20-32(34)35(25)31-19-8-17-29-27-15-6-4-12-24(27)21-33(29)31;1-3-2;;;/h3-9,11-18,20,22,35H,2,10,21H2,1H3;3H,1-2H3;2*1H;/q;;;;+2/p-2. The molecule has 0 bridgehead atoms. The molecule has 41 heavy (non-hydrogen) atoms. The Balaban J connectivity index is 0.00000169. The molecule has 0 amide bonds. The van der Waals surface area contributed by atoms with Crippen molar-refractivity contribution in [3.8, 4) is 22.3 Å². The van der Waals surface area contributed by atoms with Crippen molar-refractivity contribution in [3.05, 3.63) is 130 Å². The van der Waals surface area contributed by atoms with Crippen LogP contribution in [0.1, 0.15) is 53.5 Å². The number of benzene rings is 5. The third kappa shape index (κ3) is 5.27. The van der Waals surface area contributed by atoms with Crippen LogP contribution in [-0.4, -0.2) is 5.92 Å². The predicted molar refractivity (Wildman–Crippen MR) is 167 cm³/mol. The maximum absolute atomic E-state index is 2.59. The number of allylic oxidation sites excluding steroid dienone is 1. The molecule has 0 saturated heterocycles. The number of halogens is 2. The summed E-state index contributed by atoms with van der Waals surface area (Å²) in [6.45, 7) is 7.49. The molecule has 5 aromatic carbocycles. The molecular formula is C37H34Cl2SiZr. The second-order valence-electron chi connectivity index (χ2n) is 11.4. The molecule has 0 aliphatic heterocycles. The van der Waals surface area contributed by atoms with E-state index in [9.17, 15) is 0 Å². The molecule has 0 saturated carbocycles. The second kappa shape index (κ2) is 12.6. The minimum Gasteiger partial charge on any atom is -1.00 e. The summed E-state index contributed by atoms with van der Waals surface area (Å²) in [5, 5.41) is 2.66. The summed E-state index contributed by atoms with van der Waals surface area (Å²) >= 11 is -0.596. The van der Waals surface area contributed by atoms with Gasteiger partial charge in [-0.25, -0.2) is 0 Å². The van der Waals surface area contributed by atoms with Crippen LogP contribution in [0.2, 0.25) is 13.1 Å². The van der Waals surface area contributed by atoms with E-state index in [0.29, 0.717) is 5.92 Å². The molecule has 1 unspecified atom stereocenters. The Kier molecular flexibility index (Phi) is 9.27. The molecule has 0 spiro atoms. The fraction of sp³-hybridized carbons (Fsp3) is 0.189. The summed E-state index contributed by atoms with van der Waals surface area (Å²) in [7, 11) is 0. The molecule has 2 aliphatic rings. The van der Waals surface area contributed by atoms with Gasteiger partial charge in [-0.15, -0.1) is 0 Å². The minimum atomic E-state index is -0.630. The molecule has 2 aliphatic carbocycles. The number of fused-ring (bicyclic) bond motifs is 5. The third-order valence-corrected chi connectivity index (χ3v) is 17.0. The smallest absolute Gasteiger partial charge is 1.00 e. The zero-order valence-corrected chi connectivity index (χ0v) is 29.0. The molecule has 0 fully saturated rings. The summed E-state index contributed by atoms with van der Waals surface area (Å²) in [5.41, 5.74) is 15.1. The van der Waals surface area contributed by atoms with Crippen molar-refractivity contribution in [1.29, 1.82) is 0 Å². The number of hydrogen-bond acceptors (Lipinski definition) is 0. The first-order chi connectivity index (χ1) is 19.1. The van der Waals surface area contributed by atoms with Gasteiger partial charge in [-0.2, -0.15) is 0 Å². The van der Waals surface area contributed by atoms with Gasteiger partial charge in [-0.05, 0) is 0 Å². The molecule has 0 aromatic heterocycles. The van der Waals surface area contributed by atoms with Gasteiger partial charge in [0.05, 0.1) is 0 Å². The van der Waals surface area contributed by atoms with E-state index in [2.05, 4.69) is 123 Å². The number of hydrogen-bond donors (Lipinski definition) is 0. The van der Waals surface area contributed by atoms with Gasteiger partial charge in [0.1, 0.15) is 0 Å². The van der Waals surface area contributed by atoms with Crippen molar-refractivity contribution in [2.24, 2.45) is 0 Å². The molecule has 1 atom stereocenters. The summed E-state index contributed by atoms with van der Waals surface area (Å²) in [5.74, 6) is -0.238.